The van der Waals surface area contributed by atoms with Crippen LogP contribution in [0.3, 0.4) is 0 Å². The molecule has 12 heavy (non-hydrogen) atoms. The average molecular weight is 166 g/mol. The van der Waals surface area contributed by atoms with E-state index < -0.39 is 0 Å². The van der Waals surface area contributed by atoms with Gasteiger partial charge in [-0.2, -0.15) is 0 Å². The quantitative estimate of drug-likeness (QED) is 0.662. The number of nitrogen functional groups attached to an aromatic ring is 1. The van der Waals surface area contributed by atoms with Crippen LogP contribution < -0.4 is 10.5 Å². The molecule has 0 saturated carbocycles. The minimum Gasteiger partial charge on any atom is -0.481 e. The van der Waals surface area contributed by atoms with Gasteiger partial charge in [0.2, 0.25) is 5.88 Å². The second-order valence-electron chi connectivity index (χ2n) is 2.37. The highest BCUT2D eigenvalue weighted by atomic mass is 16.5. The second-order valence-corrected chi connectivity index (χ2v) is 2.37. The smallest absolute Gasteiger partial charge is 0.215 e. The van der Waals surface area contributed by atoms with Gasteiger partial charge < -0.3 is 10.5 Å². The summed E-state index contributed by atoms with van der Waals surface area (Å²) in [6.45, 7) is 1.44. The van der Waals surface area contributed by atoms with Crippen LogP contribution in [0.1, 0.15) is 17.3 Å². The predicted molar refractivity (Wildman–Crippen MR) is 45.2 cm³/mol. The van der Waals surface area contributed by atoms with Gasteiger partial charge in [-0.3, -0.25) is 4.79 Å². The fourth-order valence-corrected chi connectivity index (χ4v) is 0.857. The van der Waals surface area contributed by atoms with Crippen molar-refractivity contribution in [1.29, 1.82) is 0 Å². The molecule has 1 aromatic heterocycles. The lowest BCUT2D eigenvalue weighted by molar-refractivity contribution is 0.101. The molecule has 0 radical (unpaired) electrons. The van der Waals surface area contributed by atoms with E-state index in [1.54, 1.807) is 0 Å². The number of hydrogen-bond donors (Lipinski definition) is 1. The highest BCUT2D eigenvalue weighted by molar-refractivity contribution is 5.98. The molecule has 64 valence electrons. The first kappa shape index (κ1) is 8.52. The number of hydrogen-bond acceptors (Lipinski definition) is 4. The van der Waals surface area contributed by atoms with E-state index in [1.807, 2.05) is 0 Å². The third-order valence-corrected chi connectivity index (χ3v) is 1.50. The lowest BCUT2D eigenvalue weighted by Crippen LogP contribution is -2.01. The van der Waals surface area contributed by atoms with Crippen molar-refractivity contribution in [2.45, 2.75) is 6.92 Å². The number of ether oxygens (including phenoxy) is 1. The van der Waals surface area contributed by atoms with Crippen molar-refractivity contribution < 1.29 is 9.53 Å². The summed E-state index contributed by atoms with van der Waals surface area (Å²) in [6, 6.07) is 1.52. The molecule has 0 aliphatic carbocycles. The molecule has 0 aliphatic rings. The Hall–Kier alpha value is -1.58. The van der Waals surface area contributed by atoms with Crippen LogP contribution >= 0.6 is 0 Å². The lowest BCUT2D eigenvalue weighted by atomic mass is 10.2. The highest BCUT2D eigenvalue weighted by Crippen LogP contribution is 2.16. The van der Waals surface area contributed by atoms with E-state index in [0.717, 1.165) is 0 Å². The number of methoxy groups -OCH3 is 1. The highest BCUT2D eigenvalue weighted by Gasteiger charge is 2.05. The molecule has 0 unspecified atom stereocenters. The van der Waals surface area contributed by atoms with Gasteiger partial charge in [0.1, 0.15) is 0 Å². The van der Waals surface area contributed by atoms with Crippen molar-refractivity contribution in [2.24, 2.45) is 0 Å². The molecule has 0 aliphatic heterocycles. The van der Waals surface area contributed by atoms with Crippen molar-refractivity contribution in [1.82, 2.24) is 4.98 Å². The molecule has 0 atom stereocenters. The van der Waals surface area contributed by atoms with Crippen LogP contribution in [0.15, 0.2) is 12.3 Å². The average Bonchev–Trinajstić information content (AvgIpc) is 2.03. The van der Waals surface area contributed by atoms with E-state index in [9.17, 15) is 4.79 Å². The number of carbonyl (C=O) groups excluding carboxylic acids is 1. The summed E-state index contributed by atoms with van der Waals surface area (Å²) >= 11 is 0. The molecule has 0 bridgehead atoms. The molecule has 0 fully saturated rings. The summed E-state index contributed by atoms with van der Waals surface area (Å²) in [6.07, 6.45) is 1.41. The summed E-state index contributed by atoms with van der Waals surface area (Å²) in [5.74, 6) is 0.320. The standard InChI is InChI=1S/C8H10N2O2/c1-5(11)6-4-10-8(12-2)3-7(6)9/h3-4H,1-2H3,(H2,9,10). The Morgan fingerprint density at radius 3 is 2.75 bits per heavy atom. The summed E-state index contributed by atoms with van der Waals surface area (Å²) in [5, 5.41) is 0. The Balaban J connectivity index is 3.12. The first-order chi connectivity index (χ1) is 5.65. The number of anilines is 1. The molecule has 0 aromatic carbocycles. The molecular weight excluding hydrogens is 156 g/mol. The molecule has 4 nitrogen and oxygen atoms in total. The van der Waals surface area contributed by atoms with Gasteiger partial charge in [0.15, 0.2) is 5.78 Å². The maximum absolute atomic E-state index is 10.9. The topological polar surface area (TPSA) is 65.2 Å². The van der Waals surface area contributed by atoms with Gasteiger partial charge >= 0.3 is 0 Å². The van der Waals surface area contributed by atoms with Gasteiger partial charge in [-0.15, -0.1) is 0 Å². The van der Waals surface area contributed by atoms with Crippen LogP contribution in [0.2, 0.25) is 0 Å². The fourth-order valence-electron chi connectivity index (χ4n) is 0.857. The van der Waals surface area contributed by atoms with Gasteiger partial charge in [0.05, 0.1) is 12.7 Å². The maximum Gasteiger partial charge on any atom is 0.215 e. The molecule has 0 spiro atoms. The van der Waals surface area contributed by atoms with E-state index >= 15 is 0 Å². The van der Waals surface area contributed by atoms with Crippen molar-refractivity contribution in [2.75, 3.05) is 12.8 Å². The predicted octanol–water partition coefficient (Wildman–Crippen LogP) is 0.875. The van der Waals surface area contributed by atoms with Crippen LogP contribution in [-0.2, 0) is 0 Å². The molecule has 4 heteroatoms. The molecule has 0 saturated heterocycles. The Morgan fingerprint density at radius 2 is 2.33 bits per heavy atom. The summed E-state index contributed by atoms with van der Waals surface area (Å²) < 4.78 is 4.83. The first-order valence-electron chi connectivity index (χ1n) is 3.45. The van der Waals surface area contributed by atoms with Crippen LogP contribution in [-0.4, -0.2) is 17.9 Å². The van der Waals surface area contributed by atoms with Crippen LogP contribution in [0.25, 0.3) is 0 Å². The molecule has 1 heterocycles. The van der Waals surface area contributed by atoms with E-state index in [-0.39, 0.29) is 5.78 Å². The van der Waals surface area contributed by atoms with Gasteiger partial charge in [-0.05, 0) is 6.92 Å². The van der Waals surface area contributed by atoms with Crippen LogP contribution in [0.5, 0.6) is 5.88 Å². The van der Waals surface area contributed by atoms with Crippen molar-refractivity contribution in [3.63, 3.8) is 0 Å². The zero-order valence-corrected chi connectivity index (χ0v) is 7.00. The molecule has 1 rings (SSSR count). The van der Waals surface area contributed by atoms with Gasteiger partial charge in [0.25, 0.3) is 0 Å². The largest absolute Gasteiger partial charge is 0.481 e. The maximum atomic E-state index is 10.9. The number of aromatic nitrogens is 1. The van der Waals surface area contributed by atoms with Crippen molar-refractivity contribution >= 4 is 11.5 Å². The van der Waals surface area contributed by atoms with Gasteiger partial charge in [-0.1, -0.05) is 0 Å². The first-order valence-corrected chi connectivity index (χ1v) is 3.45. The Kier molecular flexibility index (Phi) is 2.28. The van der Waals surface area contributed by atoms with E-state index in [0.29, 0.717) is 17.1 Å². The summed E-state index contributed by atoms with van der Waals surface area (Å²) in [5.41, 5.74) is 6.38. The summed E-state index contributed by atoms with van der Waals surface area (Å²) in [7, 11) is 1.50. The summed E-state index contributed by atoms with van der Waals surface area (Å²) in [4.78, 5) is 14.8. The normalized spacial score (nSPS) is 9.50. The molecule has 1 aromatic rings. The number of rotatable bonds is 2. The van der Waals surface area contributed by atoms with Crippen LogP contribution in [0.4, 0.5) is 5.69 Å². The Morgan fingerprint density at radius 1 is 1.67 bits per heavy atom. The fraction of sp³-hybridized carbons (Fsp3) is 0.250. The number of nitrogens with zero attached hydrogens (tertiary/aromatic N) is 1. The number of ketones is 1. The van der Waals surface area contributed by atoms with E-state index in [2.05, 4.69) is 4.98 Å². The number of Topliss-reactive ketones (excluding diaryl/α,β-unsaturated/α-hetero) is 1. The minimum atomic E-state index is -0.0948. The SMILES string of the molecule is COc1cc(N)c(C(C)=O)cn1. The van der Waals surface area contributed by atoms with E-state index in [4.69, 9.17) is 10.5 Å². The number of nitrogens with two attached hydrogens (primary N) is 1. The number of carbonyl (C=O) groups is 1. The molecule has 2 N–H and O–H groups in total. The van der Waals surface area contributed by atoms with E-state index in [1.165, 1.54) is 26.3 Å². The second kappa shape index (κ2) is 3.21. The lowest BCUT2D eigenvalue weighted by Gasteiger charge is -2.02. The minimum absolute atomic E-state index is 0.0948. The van der Waals surface area contributed by atoms with Crippen LogP contribution in [0, 0.1) is 0 Å². The Labute approximate surface area is 70.4 Å². The Bertz CT molecular complexity index is 310. The van der Waals surface area contributed by atoms with Crippen molar-refractivity contribution in [3.8, 4) is 5.88 Å². The monoisotopic (exact) mass is 166 g/mol. The molecule has 0 amide bonds. The third kappa shape index (κ3) is 1.53. The van der Waals surface area contributed by atoms with Crippen molar-refractivity contribution in [3.05, 3.63) is 17.8 Å². The number of pyridine rings is 1. The van der Waals surface area contributed by atoms with Gasteiger partial charge in [0, 0.05) is 18.0 Å². The van der Waals surface area contributed by atoms with Gasteiger partial charge in [-0.25, -0.2) is 4.98 Å². The third-order valence-electron chi connectivity index (χ3n) is 1.50. The zero-order valence-electron chi connectivity index (χ0n) is 7.00. The zero-order chi connectivity index (χ0) is 9.14. The molecular formula is C8H10N2O2.